The van der Waals surface area contributed by atoms with E-state index in [1.165, 1.54) is 11.8 Å². The molecular weight excluding hydrogens is 317 g/mol. The summed E-state index contributed by atoms with van der Waals surface area (Å²) in [5.41, 5.74) is 0. The van der Waals surface area contributed by atoms with Gasteiger partial charge in [-0.05, 0) is 48.3 Å². The number of nitrogens with zero attached hydrogens (tertiary/aromatic N) is 5. The van der Waals surface area contributed by atoms with Gasteiger partial charge in [-0.3, -0.25) is 0 Å². The molecule has 20 heavy (non-hydrogen) atoms. The van der Waals surface area contributed by atoms with Crippen molar-refractivity contribution in [1.29, 1.82) is 0 Å². The molecule has 0 aromatic carbocycles. The molecule has 1 fully saturated rings. The first-order valence-electron chi connectivity index (χ1n) is 6.17. The van der Waals surface area contributed by atoms with Crippen LogP contribution in [0.1, 0.15) is 12.8 Å². The minimum atomic E-state index is 0.207. The number of halogens is 2. The molecule has 3 rings (SSSR count). The van der Waals surface area contributed by atoms with Crippen LogP contribution in [0.5, 0.6) is 0 Å². The van der Waals surface area contributed by atoms with E-state index in [4.69, 9.17) is 23.2 Å². The van der Waals surface area contributed by atoms with Crippen molar-refractivity contribution in [3.05, 3.63) is 28.6 Å². The molecule has 2 aromatic heterocycles. The number of anilines is 1. The first kappa shape index (κ1) is 13.9. The Bertz CT molecular complexity index is 601. The summed E-state index contributed by atoms with van der Waals surface area (Å²) in [5.74, 6) is 0.638. The van der Waals surface area contributed by atoms with Crippen LogP contribution in [0.3, 0.4) is 0 Å². The van der Waals surface area contributed by atoms with Gasteiger partial charge >= 0.3 is 0 Å². The molecule has 0 atom stereocenters. The highest BCUT2D eigenvalue weighted by Gasteiger charge is 2.17. The van der Waals surface area contributed by atoms with E-state index in [-0.39, 0.29) is 5.28 Å². The Labute approximate surface area is 130 Å². The van der Waals surface area contributed by atoms with Crippen molar-refractivity contribution in [3.63, 3.8) is 0 Å². The van der Waals surface area contributed by atoms with Crippen LogP contribution in [0.2, 0.25) is 10.3 Å². The van der Waals surface area contributed by atoms with Gasteiger partial charge < -0.3 is 4.90 Å². The van der Waals surface area contributed by atoms with Gasteiger partial charge in [-0.25, -0.2) is 4.98 Å². The van der Waals surface area contributed by atoms with E-state index < -0.39 is 0 Å². The van der Waals surface area contributed by atoms with Gasteiger partial charge in [0.1, 0.15) is 5.03 Å². The molecule has 1 saturated heterocycles. The SMILES string of the molecule is Clc1ccc(Sc2nc(Cl)nc(N3CCCC3)n2)nc1. The third-order valence-corrected chi connectivity index (χ3v) is 4.07. The van der Waals surface area contributed by atoms with E-state index >= 15 is 0 Å². The van der Waals surface area contributed by atoms with Crippen LogP contribution in [-0.4, -0.2) is 33.0 Å². The van der Waals surface area contributed by atoms with Gasteiger partial charge in [0.2, 0.25) is 11.2 Å². The summed E-state index contributed by atoms with van der Waals surface area (Å²) in [7, 11) is 0. The van der Waals surface area contributed by atoms with Crippen LogP contribution in [-0.2, 0) is 0 Å². The lowest BCUT2D eigenvalue weighted by atomic mass is 10.4. The Morgan fingerprint density at radius 2 is 1.85 bits per heavy atom. The second kappa shape index (κ2) is 6.11. The lowest BCUT2D eigenvalue weighted by Gasteiger charge is -2.15. The molecule has 2 aromatic rings. The highest BCUT2D eigenvalue weighted by atomic mass is 35.5. The monoisotopic (exact) mass is 327 g/mol. The van der Waals surface area contributed by atoms with Crippen molar-refractivity contribution >= 4 is 40.9 Å². The summed E-state index contributed by atoms with van der Waals surface area (Å²) >= 11 is 13.1. The summed E-state index contributed by atoms with van der Waals surface area (Å²) in [6, 6.07) is 3.60. The maximum Gasteiger partial charge on any atom is 0.230 e. The van der Waals surface area contributed by atoms with Gasteiger partial charge in [0, 0.05) is 19.3 Å². The van der Waals surface area contributed by atoms with Crippen LogP contribution in [0, 0.1) is 0 Å². The lowest BCUT2D eigenvalue weighted by Crippen LogP contribution is -2.21. The molecule has 1 aliphatic heterocycles. The van der Waals surface area contributed by atoms with Gasteiger partial charge in [-0.15, -0.1) is 0 Å². The van der Waals surface area contributed by atoms with Gasteiger partial charge in [-0.1, -0.05) is 11.6 Å². The molecule has 1 aliphatic rings. The van der Waals surface area contributed by atoms with Gasteiger partial charge in [0.25, 0.3) is 0 Å². The van der Waals surface area contributed by atoms with Crippen molar-refractivity contribution in [2.24, 2.45) is 0 Å². The first-order valence-corrected chi connectivity index (χ1v) is 7.74. The molecule has 5 nitrogen and oxygen atoms in total. The van der Waals surface area contributed by atoms with Crippen LogP contribution in [0.15, 0.2) is 28.5 Å². The van der Waals surface area contributed by atoms with Crippen LogP contribution >= 0.6 is 35.0 Å². The molecule has 104 valence electrons. The summed E-state index contributed by atoms with van der Waals surface area (Å²) < 4.78 is 0. The third-order valence-electron chi connectivity index (χ3n) is 2.86. The Morgan fingerprint density at radius 3 is 2.55 bits per heavy atom. The number of pyridine rings is 1. The van der Waals surface area contributed by atoms with E-state index in [0.717, 1.165) is 31.0 Å². The largest absolute Gasteiger partial charge is 0.341 e. The molecule has 0 bridgehead atoms. The normalized spacial score (nSPS) is 14.8. The molecule has 0 amide bonds. The van der Waals surface area contributed by atoms with Crippen LogP contribution in [0.4, 0.5) is 5.95 Å². The number of rotatable bonds is 3. The molecule has 8 heteroatoms. The van der Waals surface area contributed by atoms with E-state index in [2.05, 4.69) is 24.8 Å². The average Bonchev–Trinajstić information content (AvgIpc) is 2.95. The molecular formula is C12H11Cl2N5S. The van der Waals surface area contributed by atoms with E-state index in [9.17, 15) is 0 Å². The minimum absolute atomic E-state index is 0.207. The van der Waals surface area contributed by atoms with Crippen LogP contribution in [0.25, 0.3) is 0 Å². The number of aromatic nitrogens is 4. The van der Waals surface area contributed by atoms with Crippen molar-refractivity contribution in [2.45, 2.75) is 23.0 Å². The fraction of sp³-hybridized carbons (Fsp3) is 0.333. The number of hydrogen-bond donors (Lipinski definition) is 0. The summed E-state index contributed by atoms with van der Waals surface area (Å²) in [5, 5.41) is 2.12. The van der Waals surface area contributed by atoms with Gasteiger partial charge in [-0.2, -0.15) is 15.0 Å². The zero-order chi connectivity index (χ0) is 13.9. The predicted octanol–water partition coefficient (Wildman–Crippen LogP) is 3.32. The Balaban J connectivity index is 1.83. The summed E-state index contributed by atoms with van der Waals surface area (Å²) in [6.45, 7) is 1.92. The van der Waals surface area contributed by atoms with Crippen molar-refractivity contribution in [2.75, 3.05) is 18.0 Å². The Hall–Kier alpha value is -1.11. The zero-order valence-electron chi connectivity index (χ0n) is 10.5. The topological polar surface area (TPSA) is 54.8 Å². The van der Waals surface area contributed by atoms with E-state index in [1.807, 2.05) is 6.07 Å². The Kier molecular flexibility index (Phi) is 4.24. The second-order valence-corrected chi connectivity index (χ2v) is 6.06. The first-order chi connectivity index (χ1) is 9.70. The predicted molar refractivity (Wildman–Crippen MR) is 79.7 cm³/mol. The fourth-order valence-corrected chi connectivity index (χ4v) is 2.95. The highest BCUT2D eigenvalue weighted by molar-refractivity contribution is 7.99. The molecule has 0 aliphatic carbocycles. The second-order valence-electron chi connectivity index (χ2n) is 4.30. The molecule has 0 spiro atoms. The van der Waals surface area contributed by atoms with E-state index in [0.29, 0.717) is 16.1 Å². The standard InChI is InChI=1S/C12H11Cl2N5S/c13-8-3-4-9(15-7-8)20-12-17-10(14)16-11(18-12)19-5-1-2-6-19/h3-4,7H,1-2,5-6H2. The zero-order valence-corrected chi connectivity index (χ0v) is 12.8. The van der Waals surface area contributed by atoms with Crippen molar-refractivity contribution in [3.8, 4) is 0 Å². The van der Waals surface area contributed by atoms with E-state index in [1.54, 1.807) is 12.3 Å². The molecule has 3 heterocycles. The van der Waals surface area contributed by atoms with Gasteiger partial charge in [0.05, 0.1) is 5.02 Å². The molecule has 0 N–H and O–H groups in total. The maximum atomic E-state index is 5.98. The summed E-state index contributed by atoms with van der Waals surface area (Å²) in [4.78, 5) is 19.1. The van der Waals surface area contributed by atoms with Crippen molar-refractivity contribution < 1.29 is 0 Å². The molecule has 0 radical (unpaired) electrons. The van der Waals surface area contributed by atoms with Crippen molar-refractivity contribution in [1.82, 2.24) is 19.9 Å². The summed E-state index contributed by atoms with van der Waals surface area (Å²) in [6.07, 6.45) is 3.91. The average molecular weight is 328 g/mol. The maximum absolute atomic E-state index is 5.98. The number of hydrogen-bond acceptors (Lipinski definition) is 6. The minimum Gasteiger partial charge on any atom is -0.341 e. The van der Waals surface area contributed by atoms with Gasteiger partial charge in [0.15, 0.2) is 5.16 Å². The van der Waals surface area contributed by atoms with Crippen LogP contribution < -0.4 is 4.90 Å². The highest BCUT2D eigenvalue weighted by Crippen LogP contribution is 2.26. The molecule has 0 saturated carbocycles. The third kappa shape index (κ3) is 3.31. The fourth-order valence-electron chi connectivity index (χ4n) is 1.94. The smallest absolute Gasteiger partial charge is 0.230 e. The lowest BCUT2D eigenvalue weighted by molar-refractivity contribution is 0.825. The molecule has 0 unspecified atom stereocenters. The Morgan fingerprint density at radius 1 is 1.05 bits per heavy atom. The quantitative estimate of drug-likeness (QED) is 0.861.